The van der Waals surface area contributed by atoms with Crippen LogP contribution in [0.3, 0.4) is 0 Å². The van der Waals surface area contributed by atoms with Crippen molar-refractivity contribution in [2.24, 2.45) is 7.05 Å². The first kappa shape index (κ1) is 14.0. The molecule has 0 amide bonds. The molecule has 0 aliphatic carbocycles. The lowest BCUT2D eigenvalue weighted by molar-refractivity contribution is 0.561. The van der Waals surface area contributed by atoms with E-state index in [-0.39, 0.29) is 14.9 Å². The Morgan fingerprint density at radius 2 is 2.31 bits per heavy atom. The largest absolute Gasteiger partial charge is 0.259 e. The van der Waals surface area contributed by atoms with Gasteiger partial charge in [0, 0.05) is 18.4 Å². The molecule has 0 bridgehead atoms. The zero-order chi connectivity index (χ0) is 12.3. The first-order valence-electron chi connectivity index (χ1n) is 4.66. The summed E-state index contributed by atoms with van der Waals surface area (Å²) in [5.74, 6) is 0. The first-order valence-corrected chi connectivity index (χ1v) is 7.43. The summed E-state index contributed by atoms with van der Waals surface area (Å²) in [4.78, 5) is 0.261. The second-order valence-electron chi connectivity index (χ2n) is 3.39. The number of aromatic nitrogens is 2. The van der Waals surface area contributed by atoms with Crippen LogP contribution in [0.4, 0.5) is 0 Å². The van der Waals surface area contributed by atoms with Crippen LogP contribution in [-0.4, -0.2) is 29.6 Å². The zero-order valence-corrected chi connectivity index (χ0v) is 12.1. The highest BCUT2D eigenvalue weighted by molar-refractivity contribution is 9.09. The van der Waals surface area contributed by atoms with Gasteiger partial charge in [0.25, 0.3) is 10.0 Å². The molecule has 0 saturated heterocycles. The fourth-order valence-corrected chi connectivity index (χ4v) is 3.09. The number of halogens is 2. The van der Waals surface area contributed by atoms with Crippen LogP contribution in [-0.2, 0) is 17.1 Å². The summed E-state index contributed by atoms with van der Waals surface area (Å²) in [5, 5.41) is 3.91. The van der Waals surface area contributed by atoms with Gasteiger partial charge in [0.1, 0.15) is 0 Å². The monoisotopic (exact) mass is 329 g/mol. The summed E-state index contributed by atoms with van der Waals surface area (Å²) in [5.41, 5.74) is 0. The average Bonchev–Trinajstić information content (AvgIpc) is 2.45. The van der Waals surface area contributed by atoms with E-state index in [0.717, 1.165) is 0 Å². The van der Waals surface area contributed by atoms with E-state index in [1.165, 1.54) is 17.9 Å². The second-order valence-corrected chi connectivity index (χ2v) is 7.04. The van der Waals surface area contributed by atoms with Crippen molar-refractivity contribution in [3.05, 3.63) is 11.2 Å². The van der Waals surface area contributed by atoms with E-state index in [1.54, 1.807) is 0 Å². The summed E-state index contributed by atoms with van der Waals surface area (Å²) in [6.45, 7) is 2.31. The minimum Gasteiger partial charge on any atom is -0.255 e. The zero-order valence-electron chi connectivity index (χ0n) is 8.94. The normalized spacial score (nSPS) is 14.0. The van der Waals surface area contributed by atoms with Crippen LogP contribution in [0, 0.1) is 0 Å². The number of aryl methyl sites for hydroxylation is 1. The van der Waals surface area contributed by atoms with Gasteiger partial charge in [-0.05, 0) is 6.42 Å². The highest BCUT2D eigenvalue weighted by Crippen LogP contribution is 2.19. The standard InChI is InChI=1S/C8H13BrClN3O2S/c1-6(9)3-4-12-16(14,15)8-7(10)5-11-13(8)2/h5-6,12H,3-4H2,1-2H3. The van der Waals surface area contributed by atoms with E-state index >= 15 is 0 Å². The maximum absolute atomic E-state index is 11.8. The molecule has 0 aliphatic heterocycles. The maximum Gasteiger partial charge on any atom is 0.259 e. The molecule has 0 aliphatic rings. The molecule has 1 aromatic heterocycles. The lowest BCUT2D eigenvalue weighted by Crippen LogP contribution is -2.28. The first-order chi connectivity index (χ1) is 7.34. The third-order valence-corrected chi connectivity index (χ3v) is 4.36. The number of alkyl halides is 1. The minimum atomic E-state index is -3.58. The Morgan fingerprint density at radius 1 is 1.69 bits per heavy atom. The molecule has 16 heavy (non-hydrogen) atoms. The molecule has 0 fully saturated rings. The van der Waals surface area contributed by atoms with Gasteiger partial charge in [0.15, 0.2) is 5.03 Å². The minimum absolute atomic E-state index is 0.00334. The number of sulfonamides is 1. The molecule has 0 saturated carbocycles. The van der Waals surface area contributed by atoms with Gasteiger partial charge >= 0.3 is 0 Å². The summed E-state index contributed by atoms with van der Waals surface area (Å²) in [6.07, 6.45) is 2.01. The van der Waals surface area contributed by atoms with E-state index in [9.17, 15) is 8.42 Å². The van der Waals surface area contributed by atoms with E-state index in [1.807, 2.05) is 6.92 Å². The number of nitrogens with zero attached hydrogens (tertiary/aromatic N) is 2. The van der Waals surface area contributed by atoms with Gasteiger partial charge in [-0.1, -0.05) is 34.5 Å². The third kappa shape index (κ3) is 3.44. The van der Waals surface area contributed by atoms with Crippen LogP contribution >= 0.6 is 27.5 Å². The van der Waals surface area contributed by atoms with Gasteiger partial charge in [-0.25, -0.2) is 13.1 Å². The van der Waals surface area contributed by atoms with Crippen molar-refractivity contribution in [2.45, 2.75) is 23.2 Å². The van der Waals surface area contributed by atoms with Gasteiger partial charge in [0.2, 0.25) is 0 Å². The van der Waals surface area contributed by atoms with E-state index in [0.29, 0.717) is 13.0 Å². The molecule has 1 N–H and O–H groups in total. The van der Waals surface area contributed by atoms with Crippen molar-refractivity contribution in [1.29, 1.82) is 0 Å². The average molecular weight is 331 g/mol. The summed E-state index contributed by atoms with van der Waals surface area (Å²) >= 11 is 9.10. The van der Waals surface area contributed by atoms with Crippen molar-refractivity contribution < 1.29 is 8.42 Å². The van der Waals surface area contributed by atoms with Gasteiger partial charge < -0.3 is 0 Å². The fraction of sp³-hybridized carbons (Fsp3) is 0.625. The number of rotatable bonds is 5. The van der Waals surface area contributed by atoms with Gasteiger partial charge in [-0.15, -0.1) is 0 Å². The van der Waals surface area contributed by atoms with Gasteiger partial charge in [-0.2, -0.15) is 5.10 Å². The Hall–Kier alpha value is -0.110. The molecule has 0 spiro atoms. The van der Waals surface area contributed by atoms with Crippen molar-refractivity contribution in [3.63, 3.8) is 0 Å². The van der Waals surface area contributed by atoms with E-state index in [2.05, 4.69) is 25.8 Å². The van der Waals surface area contributed by atoms with Crippen LogP contribution < -0.4 is 4.72 Å². The topological polar surface area (TPSA) is 64.0 Å². The smallest absolute Gasteiger partial charge is 0.255 e. The molecule has 1 atom stereocenters. The highest BCUT2D eigenvalue weighted by atomic mass is 79.9. The summed E-state index contributed by atoms with van der Waals surface area (Å²) < 4.78 is 27.4. The molecule has 1 unspecified atom stereocenters. The van der Waals surface area contributed by atoms with Crippen LogP contribution in [0.25, 0.3) is 0 Å². The lowest BCUT2D eigenvalue weighted by atomic mass is 10.3. The van der Waals surface area contributed by atoms with Crippen molar-refractivity contribution in [3.8, 4) is 0 Å². The molecule has 1 rings (SSSR count). The quantitative estimate of drug-likeness (QED) is 0.833. The molecule has 92 valence electrons. The van der Waals surface area contributed by atoms with Gasteiger partial charge in [0.05, 0.1) is 11.2 Å². The second kappa shape index (κ2) is 5.48. The third-order valence-electron chi connectivity index (χ3n) is 1.93. The molecule has 5 nitrogen and oxygen atoms in total. The van der Waals surface area contributed by atoms with Crippen LogP contribution in [0.5, 0.6) is 0 Å². The summed E-state index contributed by atoms with van der Waals surface area (Å²) in [6, 6.07) is 0. The molecular formula is C8H13BrClN3O2S. The Morgan fingerprint density at radius 3 is 2.75 bits per heavy atom. The molecular weight excluding hydrogens is 318 g/mol. The van der Waals surface area contributed by atoms with Crippen LogP contribution in [0.2, 0.25) is 5.02 Å². The Balaban J connectivity index is 2.79. The molecule has 1 heterocycles. The molecule has 8 heteroatoms. The molecule has 0 aromatic carbocycles. The fourth-order valence-electron chi connectivity index (χ4n) is 1.16. The van der Waals surface area contributed by atoms with E-state index < -0.39 is 10.0 Å². The predicted octanol–water partition coefficient (Wildman–Crippen LogP) is 1.53. The molecule has 1 aromatic rings. The lowest BCUT2D eigenvalue weighted by Gasteiger charge is -2.08. The van der Waals surface area contributed by atoms with Crippen molar-refractivity contribution in [2.75, 3.05) is 6.54 Å². The summed E-state index contributed by atoms with van der Waals surface area (Å²) in [7, 11) is -2.04. The highest BCUT2D eigenvalue weighted by Gasteiger charge is 2.22. The van der Waals surface area contributed by atoms with Crippen LogP contribution in [0.15, 0.2) is 11.2 Å². The Kier molecular flexibility index (Phi) is 4.78. The predicted molar refractivity (Wildman–Crippen MR) is 66.4 cm³/mol. The van der Waals surface area contributed by atoms with Crippen molar-refractivity contribution >= 4 is 37.6 Å². The maximum atomic E-state index is 11.8. The Labute approximate surface area is 108 Å². The molecule has 0 radical (unpaired) electrons. The number of hydrogen-bond acceptors (Lipinski definition) is 3. The van der Waals surface area contributed by atoms with Gasteiger partial charge in [-0.3, -0.25) is 4.68 Å². The van der Waals surface area contributed by atoms with Crippen molar-refractivity contribution in [1.82, 2.24) is 14.5 Å². The Bertz CT molecular complexity index is 438. The van der Waals surface area contributed by atoms with Crippen LogP contribution in [0.1, 0.15) is 13.3 Å². The van der Waals surface area contributed by atoms with E-state index in [4.69, 9.17) is 11.6 Å². The SMILES string of the molecule is CC(Br)CCNS(=O)(=O)c1c(Cl)cnn1C. The number of nitrogens with one attached hydrogen (secondary N) is 1. The number of hydrogen-bond donors (Lipinski definition) is 1.